The Hall–Kier alpha value is -3.39. The number of pyridine rings is 1. The summed E-state index contributed by atoms with van der Waals surface area (Å²) in [7, 11) is 0. The molecule has 0 aliphatic carbocycles. The Morgan fingerprint density at radius 2 is 1.54 bits per heavy atom. The Labute approximate surface area is 152 Å². The second-order valence-electron chi connectivity index (χ2n) is 6.69. The number of nitrogens with one attached hydrogen (secondary N) is 1. The summed E-state index contributed by atoms with van der Waals surface area (Å²) in [4.78, 5) is 8.06. The van der Waals surface area contributed by atoms with Gasteiger partial charge in [-0.25, -0.2) is 0 Å². The van der Waals surface area contributed by atoms with Gasteiger partial charge in [-0.3, -0.25) is 4.98 Å². The van der Waals surface area contributed by atoms with Crippen LogP contribution in [0.15, 0.2) is 85.1 Å². The predicted molar refractivity (Wildman–Crippen MR) is 109 cm³/mol. The van der Waals surface area contributed by atoms with Gasteiger partial charge in [-0.2, -0.15) is 0 Å². The molecule has 0 amide bonds. The third-order valence-corrected chi connectivity index (χ3v) is 4.93. The van der Waals surface area contributed by atoms with Crippen LogP contribution in [0.5, 0.6) is 0 Å². The molecule has 26 heavy (non-hydrogen) atoms. The number of H-pyrrole nitrogens is 1. The van der Waals surface area contributed by atoms with Gasteiger partial charge in [-0.1, -0.05) is 54.1 Å². The molecule has 2 heterocycles. The molecular formula is C24H18N2. The third kappa shape index (κ3) is 2.39. The summed E-state index contributed by atoms with van der Waals surface area (Å²) in [5.41, 5.74) is 8.19. The van der Waals surface area contributed by atoms with Crippen molar-refractivity contribution < 1.29 is 0 Å². The van der Waals surface area contributed by atoms with Gasteiger partial charge in [-0.05, 0) is 48.4 Å². The Kier molecular flexibility index (Phi) is 3.36. The summed E-state index contributed by atoms with van der Waals surface area (Å²) in [6, 6.07) is 27.7. The highest BCUT2D eigenvalue weighted by Crippen LogP contribution is 2.35. The highest BCUT2D eigenvalue weighted by Gasteiger charge is 2.11. The first-order chi connectivity index (χ1) is 12.8. The fraction of sp³-hybridized carbons (Fsp3) is 0.0417. The van der Waals surface area contributed by atoms with Gasteiger partial charge in [0.15, 0.2) is 0 Å². The molecule has 0 aliphatic rings. The number of rotatable bonds is 2. The second kappa shape index (κ2) is 5.85. The van der Waals surface area contributed by atoms with Gasteiger partial charge < -0.3 is 4.98 Å². The van der Waals surface area contributed by atoms with Gasteiger partial charge in [0.1, 0.15) is 0 Å². The first-order valence-electron chi connectivity index (χ1n) is 8.82. The molecule has 5 rings (SSSR count). The molecule has 1 N–H and O–H groups in total. The Bertz CT molecular complexity index is 1230. The summed E-state index contributed by atoms with van der Waals surface area (Å²) >= 11 is 0. The van der Waals surface area contributed by atoms with Crippen molar-refractivity contribution in [2.45, 2.75) is 6.92 Å². The normalized spacial score (nSPS) is 11.3. The van der Waals surface area contributed by atoms with Gasteiger partial charge in [0.25, 0.3) is 0 Å². The number of aromatic nitrogens is 2. The molecule has 0 saturated heterocycles. The van der Waals surface area contributed by atoms with E-state index in [4.69, 9.17) is 0 Å². The van der Waals surface area contributed by atoms with E-state index in [0.717, 1.165) is 11.3 Å². The molecule has 0 bridgehead atoms. The SMILES string of the molecule is Cc1ccc(-c2ccccn2)c(-c2ccc3[nH]c4ccccc4c3c2)c1. The van der Waals surface area contributed by atoms with Crippen LogP contribution in [-0.2, 0) is 0 Å². The molecule has 0 fully saturated rings. The smallest absolute Gasteiger partial charge is 0.0708 e. The molecule has 2 heteroatoms. The van der Waals surface area contributed by atoms with Gasteiger partial charge in [-0.15, -0.1) is 0 Å². The molecule has 0 unspecified atom stereocenters. The Morgan fingerprint density at radius 3 is 2.42 bits per heavy atom. The van der Waals surface area contributed by atoms with E-state index in [0.29, 0.717) is 0 Å². The van der Waals surface area contributed by atoms with Crippen molar-refractivity contribution in [2.24, 2.45) is 0 Å². The van der Waals surface area contributed by atoms with Crippen molar-refractivity contribution in [1.82, 2.24) is 9.97 Å². The number of aryl methyl sites for hydroxylation is 1. The lowest BCUT2D eigenvalue weighted by molar-refractivity contribution is 1.32. The van der Waals surface area contributed by atoms with E-state index < -0.39 is 0 Å². The quantitative estimate of drug-likeness (QED) is 0.400. The van der Waals surface area contributed by atoms with Crippen LogP contribution >= 0.6 is 0 Å². The highest BCUT2D eigenvalue weighted by molar-refractivity contribution is 6.08. The summed E-state index contributed by atoms with van der Waals surface area (Å²) < 4.78 is 0. The van der Waals surface area contributed by atoms with E-state index in [1.165, 1.54) is 38.5 Å². The van der Waals surface area contributed by atoms with Gasteiger partial charge in [0.05, 0.1) is 5.69 Å². The maximum absolute atomic E-state index is 4.56. The lowest BCUT2D eigenvalue weighted by Crippen LogP contribution is -1.89. The zero-order valence-electron chi connectivity index (χ0n) is 14.5. The first kappa shape index (κ1) is 14.9. The van der Waals surface area contributed by atoms with Crippen molar-refractivity contribution in [3.05, 3.63) is 90.6 Å². The molecule has 0 radical (unpaired) electrons. The van der Waals surface area contributed by atoms with E-state index >= 15 is 0 Å². The highest BCUT2D eigenvalue weighted by atomic mass is 14.7. The van der Waals surface area contributed by atoms with Crippen molar-refractivity contribution in [3.63, 3.8) is 0 Å². The number of nitrogens with zero attached hydrogens (tertiary/aromatic N) is 1. The van der Waals surface area contributed by atoms with E-state index in [-0.39, 0.29) is 0 Å². The molecule has 0 atom stereocenters. The van der Waals surface area contributed by atoms with Crippen molar-refractivity contribution in [2.75, 3.05) is 0 Å². The van der Waals surface area contributed by atoms with Crippen LogP contribution in [0.1, 0.15) is 5.56 Å². The molecule has 2 aromatic heterocycles. The largest absolute Gasteiger partial charge is 0.355 e. The first-order valence-corrected chi connectivity index (χ1v) is 8.82. The minimum atomic E-state index is 1.00. The number of fused-ring (bicyclic) bond motifs is 3. The van der Waals surface area contributed by atoms with Crippen LogP contribution < -0.4 is 0 Å². The van der Waals surface area contributed by atoms with E-state index in [9.17, 15) is 0 Å². The zero-order valence-corrected chi connectivity index (χ0v) is 14.5. The molecule has 2 nitrogen and oxygen atoms in total. The standard InChI is InChI=1S/C24H18N2/c1-16-9-11-19(22-7-4-5-13-25-22)20(14-16)17-10-12-24-21(15-17)18-6-2-3-8-23(18)26-24/h2-15,26H,1H3. The third-order valence-electron chi connectivity index (χ3n) is 4.93. The molecule has 5 aromatic rings. The summed E-state index contributed by atoms with van der Waals surface area (Å²) in [6.45, 7) is 2.13. The lowest BCUT2D eigenvalue weighted by atomic mass is 9.94. The number of para-hydroxylation sites is 1. The maximum atomic E-state index is 4.56. The summed E-state index contributed by atoms with van der Waals surface area (Å²) in [6.07, 6.45) is 1.85. The van der Waals surface area contributed by atoms with Crippen molar-refractivity contribution >= 4 is 21.8 Å². The molecule has 0 saturated carbocycles. The number of hydrogen-bond donors (Lipinski definition) is 1. The van der Waals surface area contributed by atoms with Gasteiger partial charge in [0.2, 0.25) is 0 Å². The Balaban J connectivity index is 1.77. The zero-order chi connectivity index (χ0) is 17.5. The van der Waals surface area contributed by atoms with Crippen LogP contribution in [0, 0.1) is 6.92 Å². The predicted octanol–water partition coefficient (Wildman–Crippen LogP) is 6.36. The van der Waals surface area contributed by atoms with Crippen molar-refractivity contribution in [3.8, 4) is 22.4 Å². The van der Waals surface area contributed by atoms with Crippen LogP contribution in [-0.4, -0.2) is 9.97 Å². The summed E-state index contributed by atoms with van der Waals surface area (Å²) in [5, 5.41) is 2.52. The lowest BCUT2D eigenvalue weighted by Gasteiger charge is -2.11. The van der Waals surface area contributed by atoms with E-state index in [1.54, 1.807) is 0 Å². The van der Waals surface area contributed by atoms with Gasteiger partial charge in [0, 0.05) is 33.6 Å². The second-order valence-corrected chi connectivity index (χ2v) is 6.69. The van der Waals surface area contributed by atoms with Crippen LogP contribution in [0.4, 0.5) is 0 Å². The minimum Gasteiger partial charge on any atom is -0.355 e. The number of hydrogen-bond acceptors (Lipinski definition) is 1. The van der Waals surface area contributed by atoms with Crippen LogP contribution in [0.25, 0.3) is 44.2 Å². The number of aromatic amines is 1. The fourth-order valence-electron chi connectivity index (χ4n) is 3.66. The fourth-order valence-corrected chi connectivity index (χ4v) is 3.66. The van der Waals surface area contributed by atoms with E-state index in [2.05, 4.69) is 83.6 Å². The molecule has 3 aromatic carbocycles. The minimum absolute atomic E-state index is 1.00. The number of benzene rings is 3. The average molecular weight is 334 g/mol. The molecule has 0 aliphatic heterocycles. The van der Waals surface area contributed by atoms with Crippen LogP contribution in [0.2, 0.25) is 0 Å². The molecular weight excluding hydrogens is 316 g/mol. The summed E-state index contributed by atoms with van der Waals surface area (Å²) in [5.74, 6) is 0. The van der Waals surface area contributed by atoms with Crippen molar-refractivity contribution in [1.29, 1.82) is 0 Å². The molecule has 124 valence electrons. The average Bonchev–Trinajstić information content (AvgIpc) is 3.06. The molecule has 0 spiro atoms. The topological polar surface area (TPSA) is 28.7 Å². The maximum Gasteiger partial charge on any atom is 0.0708 e. The van der Waals surface area contributed by atoms with Crippen LogP contribution in [0.3, 0.4) is 0 Å². The van der Waals surface area contributed by atoms with E-state index in [1.807, 2.05) is 18.3 Å². The monoisotopic (exact) mass is 334 g/mol. The van der Waals surface area contributed by atoms with Gasteiger partial charge >= 0.3 is 0 Å². The Morgan fingerprint density at radius 1 is 0.692 bits per heavy atom.